The molecule has 2 aliphatic heterocycles. The monoisotopic (exact) mass is 503 g/mol. The highest BCUT2D eigenvalue weighted by Gasteiger charge is 2.47. The number of fused-ring (bicyclic) bond motifs is 1. The third-order valence-corrected chi connectivity index (χ3v) is 8.34. The molecule has 10 heteroatoms. The van der Waals surface area contributed by atoms with Gasteiger partial charge in [0.25, 0.3) is 5.56 Å². The molecule has 0 bridgehead atoms. The Hall–Kier alpha value is -2.39. The Morgan fingerprint density at radius 2 is 1.97 bits per heavy atom. The quantitative estimate of drug-likeness (QED) is 0.474. The number of para-hydroxylation sites is 1. The number of ether oxygens (including phenoxy) is 1. The number of halogens is 2. The largest absolute Gasteiger partial charge is 0.495 e. The Bertz CT molecular complexity index is 1260. The molecule has 172 valence electrons. The summed E-state index contributed by atoms with van der Waals surface area (Å²) in [5.41, 5.74) is 8.21. The predicted octanol–water partition coefficient (Wildman–Crippen LogP) is 4.70. The Morgan fingerprint density at radius 1 is 1.21 bits per heavy atom. The summed E-state index contributed by atoms with van der Waals surface area (Å²) >= 11 is 13.7. The molecule has 1 saturated heterocycles. The highest BCUT2D eigenvalue weighted by atomic mass is 35.5. The molecule has 1 fully saturated rings. The van der Waals surface area contributed by atoms with E-state index in [1.165, 1.54) is 11.8 Å². The minimum absolute atomic E-state index is 0.141. The standard InChI is InChI=1S/C23H23Cl2N5O2S/c1-32-15-6-2-4-13-19(15)29-23(20(13)26)8-10-30(11-9-23)21-22(31)28-17(12-27-21)33-16-7-3-5-14(24)18(16)25/h2-7,12,20,29H,8-11,26H2,1H3,(H,28,31)/t20-/m1/s1. The van der Waals surface area contributed by atoms with Gasteiger partial charge in [0.1, 0.15) is 5.75 Å². The van der Waals surface area contributed by atoms with E-state index in [4.69, 9.17) is 33.7 Å². The van der Waals surface area contributed by atoms with Crippen molar-refractivity contribution in [3.63, 3.8) is 0 Å². The van der Waals surface area contributed by atoms with Crippen molar-refractivity contribution in [2.24, 2.45) is 5.73 Å². The maximum atomic E-state index is 12.8. The third kappa shape index (κ3) is 3.95. The number of H-pyrrole nitrogens is 1. The van der Waals surface area contributed by atoms with E-state index in [9.17, 15) is 4.79 Å². The van der Waals surface area contributed by atoms with Crippen LogP contribution in [0.25, 0.3) is 0 Å². The van der Waals surface area contributed by atoms with Gasteiger partial charge in [-0.25, -0.2) is 4.98 Å². The van der Waals surface area contributed by atoms with Gasteiger partial charge >= 0.3 is 0 Å². The summed E-state index contributed by atoms with van der Waals surface area (Å²) in [6, 6.07) is 11.2. The zero-order chi connectivity index (χ0) is 23.2. The number of rotatable bonds is 4. The fourth-order valence-electron chi connectivity index (χ4n) is 4.63. The summed E-state index contributed by atoms with van der Waals surface area (Å²) in [5, 5.41) is 5.16. The molecule has 33 heavy (non-hydrogen) atoms. The van der Waals surface area contributed by atoms with Gasteiger partial charge in [-0.2, -0.15) is 0 Å². The summed E-state index contributed by atoms with van der Waals surface area (Å²) in [6.45, 7) is 1.33. The Kier molecular flexibility index (Phi) is 5.95. The van der Waals surface area contributed by atoms with Gasteiger partial charge in [0, 0.05) is 18.0 Å². The minimum atomic E-state index is -0.265. The summed E-state index contributed by atoms with van der Waals surface area (Å²) in [6.07, 6.45) is 3.22. The fraction of sp³-hybridized carbons (Fsp3) is 0.304. The summed E-state index contributed by atoms with van der Waals surface area (Å²) < 4.78 is 5.51. The molecule has 0 unspecified atom stereocenters. The van der Waals surface area contributed by atoms with E-state index >= 15 is 0 Å². The average molecular weight is 504 g/mol. The molecule has 4 N–H and O–H groups in total. The normalized spacial score (nSPS) is 18.8. The van der Waals surface area contributed by atoms with Gasteiger partial charge in [-0.15, -0.1) is 0 Å². The van der Waals surface area contributed by atoms with Gasteiger partial charge in [-0.05, 0) is 36.6 Å². The van der Waals surface area contributed by atoms with Crippen LogP contribution < -0.4 is 26.2 Å². The first-order valence-electron chi connectivity index (χ1n) is 10.6. The topological polar surface area (TPSA) is 96.3 Å². The zero-order valence-electron chi connectivity index (χ0n) is 17.9. The van der Waals surface area contributed by atoms with Gasteiger partial charge < -0.3 is 25.7 Å². The molecule has 0 amide bonds. The van der Waals surface area contributed by atoms with Crippen LogP contribution in [0.4, 0.5) is 11.5 Å². The second kappa shape index (κ2) is 8.76. The van der Waals surface area contributed by atoms with Crippen LogP contribution in [0.3, 0.4) is 0 Å². The van der Waals surface area contributed by atoms with Gasteiger partial charge in [-0.1, -0.05) is 53.2 Å². The SMILES string of the molecule is COc1cccc2c1NC1(CCN(c3ncc(Sc4cccc(Cl)c4Cl)[nH]c3=O)CC1)[C@@H]2N. The zero-order valence-corrected chi connectivity index (χ0v) is 20.2. The minimum Gasteiger partial charge on any atom is -0.495 e. The third-order valence-electron chi connectivity index (χ3n) is 6.42. The molecule has 0 radical (unpaired) electrons. The molecule has 0 aliphatic carbocycles. The molecule has 5 rings (SSSR count). The molecule has 1 aromatic heterocycles. The molecule has 2 aromatic carbocycles. The predicted molar refractivity (Wildman–Crippen MR) is 133 cm³/mol. The van der Waals surface area contributed by atoms with Crippen molar-refractivity contribution in [2.75, 3.05) is 30.4 Å². The van der Waals surface area contributed by atoms with Crippen LogP contribution in [0.2, 0.25) is 10.0 Å². The number of methoxy groups -OCH3 is 1. The molecule has 7 nitrogen and oxygen atoms in total. The highest BCUT2D eigenvalue weighted by Crippen LogP contribution is 2.48. The van der Waals surface area contributed by atoms with Crippen molar-refractivity contribution in [2.45, 2.75) is 34.3 Å². The van der Waals surface area contributed by atoms with E-state index in [-0.39, 0.29) is 17.1 Å². The lowest BCUT2D eigenvalue weighted by Crippen LogP contribution is -2.53. The van der Waals surface area contributed by atoms with E-state index in [1.54, 1.807) is 19.4 Å². The molecule has 3 heterocycles. The number of aromatic amines is 1. The Balaban J connectivity index is 1.31. The Labute approximate surface area is 205 Å². The van der Waals surface area contributed by atoms with Crippen molar-refractivity contribution in [3.05, 3.63) is 68.6 Å². The van der Waals surface area contributed by atoms with Crippen LogP contribution in [-0.4, -0.2) is 35.7 Å². The van der Waals surface area contributed by atoms with Crippen molar-refractivity contribution >= 4 is 46.5 Å². The lowest BCUT2D eigenvalue weighted by molar-refractivity contribution is 0.322. The van der Waals surface area contributed by atoms with Crippen LogP contribution in [0.1, 0.15) is 24.4 Å². The number of hydrogen-bond donors (Lipinski definition) is 3. The van der Waals surface area contributed by atoms with E-state index in [0.29, 0.717) is 34.0 Å². The number of benzene rings is 2. The van der Waals surface area contributed by atoms with E-state index < -0.39 is 0 Å². The molecule has 1 atom stereocenters. The maximum absolute atomic E-state index is 12.8. The number of nitrogens with two attached hydrogens (primary N) is 1. The van der Waals surface area contributed by atoms with Crippen LogP contribution in [-0.2, 0) is 0 Å². The first-order chi connectivity index (χ1) is 15.9. The number of anilines is 2. The van der Waals surface area contributed by atoms with E-state index in [0.717, 1.165) is 34.7 Å². The molecule has 1 spiro atoms. The molecule has 2 aliphatic rings. The van der Waals surface area contributed by atoms with Crippen LogP contribution in [0.5, 0.6) is 5.75 Å². The van der Waals surface area contributed by atoms with Crippen LogP contribution >= 0.6 is 35.0 Å². The maximum Gasteiger partial charge on any atom is 0.291 e. The second-order valence-corrected chi connectivity index (χ2v) is 10.1. The molecular formula is C23H23Cl2N5O2S. The average Bonchev–Trinajstić information content (AvgIpc) is 3.09. The Morgan fingerprint density at radius 3 is 2.70 bits per heavy atom. The van der Waals surface area contributed by atoms with Gasteiger partial charge in [-0.3, -0.25) is 4.79 Å². The second-order valence-electron chi connectivity index (χ2n) is 8.22. The number of piperidine rings is 1. The first-order valence-corrected chi connectivity index (χ1v) is 12.2. The molecule has 3 aromatic rings. The molecule has 0 saturated carbocycles. The van der Waals surface area contributed by atoms with E-state index in [1.807, 2.05) is 35.2 Å². The summed E-state index contributed by atoms with van der Waals surface area (Å²) in [7, 11) is 1.66. The summed E-state index contributed by atoms with van der Waals surface area (Å²) in [4.78, 5) is 23.0. The highest BCUT2D eigenvalue weighted by molar-refractivity contribution is 7.99. The van der Waals surface area contributed by atoms with Gasteiger partial charge in [0.2, 0.25) is 0 Å². The van der Waals surface area contributed by atoms with Crippen molar-refractivity contribution < 1.29 is 4.74 Å². The summed E-state index contributed by atoms with van der Waals surface area (Å²) in [5.74, 6) is 1.21. The number of nitrogens with one attached hydrogen (secondary N) is 2. The number of nitrogens with zero attached hydrogens (tertiary/aromatic N) is 2. The smallest absolute Gasteiger partial charge is 0.291 e. The number of hydrogen-bond acceptors (Lipinski definition) is 7. The van der Waals surface area contributed by atoms with E-state index in [2.05, 4.69) is 15.3 Å². The van der Waals surface area contributed by atoms with Crippen molar-refractivity contribution in [3.8, 4) is 5.75 Å². The lowest BCUT2D eigenvalue weighted by Gasteiger charge is -2.42. The fourth-order valence-corrected chi connectivity index (χ4v) is 5.93. The molecular weight excluding hydrogens is 481 g/mol. The first kappa shape index (κ1) is 22.4. The lowest BCUT2D eigenvalue weighted by atomic mass is 9.81. The van der Waals surface area contributed by atoms with Gasteiger partial charge in [0.15, 0.2) is 5.82 Å². The van der Waals surface area contributed by atoms with Crippen molar-refractivity contribution in [1.82, 2.24) is 9.97 Å². The van der Waals surface area contributed by atoms with Crippen LogP contribution in [0.15, 0.2) is 57.3 Å². The van der Waals surface area contributed by atoms with Gasteiger partial charge in [0.05, 0.1) is 45.6 Å². The van der Waals surface area contributed by atoms with Crippen molar-refractivity contribution in [1.29, 1.82) is 0 Å². The van der Waals surface area contributed by atoms with Crippen LogP contribution in [0, 0.1) is 0 Å². The number of aromatic nitrogens is 2.